The van der Waals surface area contributed by atoms with Gasteiger partial charge in [0.05, 0.1) is 21.8 Å². The average Bonchev–Trinajstić information content (AvgIpc) is 2.66. The first-order chi connectivity index (χ1) is 13.3. The number of ether oxygens (including phenoxy) is 1. The number of hydrogen-bond acceptors (Lipinski definition) is 4. The number of carbonyl (C=O) groups excluding carboxylic acids is 2. The Balaban J connectivity index is 1.68. The number of pyridine rings is 1. The summed E-state index contributed by atoms with van der Waals surface area (Å²) in [6.45, 7) is -0.796. The molecule has 0 fully saturated rings. The van der Waals surface area contributed by atoms with E-state index < -0.39 is 35.9 Å². The molecule has 0 radical (unpaired) electrons. The maximum atomic E-state index is 13.0. The Labute approximate surface area is 162 Å². The van der Waals surface area contributed by atoms with Crippen LogP contribution in [0.25, 0.3) is 10.9 Å². The van der Waals surface area contributed by atoms with E-state index in [1.807, 2.05) is 17.4 Å². The van der Waals surface area contributed by atoms with E-state index in [1.54, 1.807) is 18.2 Å². The number of alkyl halides is 3. The first kappa shape index (κ1) is 19.6. The Morgan fingerprint density at radius 1 is 1.04 bits per heavy atom. The van der Waals surface area contributed by atoms with E-state index in [9.17, 15) is 22.8 Å². The van der Waals surface area contributed by atoms with Gasteiger partial charge in [0.2, 0.25) is 0 Å². The number of carbonyl (C=O) groups is 2. The van der Waals surface area contributed by atoms with Crippen LogP contribution in [0, 0.1) is 0 Å². The number of amides is 1. The van der Waals surface area contributed by atoms with Gasteiger partial charge in [-0.3, -0.25) is 4.79 Å². The second kappa shape index (κ2) is 7.85. The van der Waals surface area contributed by atoms with Gasteiger partial charge in [0.15, 0.2) is 6.61 Å². The van der Waals surface area contributed by atoms with Gasteiger partial charge in [0.25, 0.3) is 5.91 Å². The van der Waals surface area contributed by atoms with Gasteiger partial charge < -0.3 is 10.1 Å². The molecule has 0 aliphatic heterocycles. The molecule has 144 valence electrons. The van der Waals surface area contributed by atoms with Crippen molar-refractivity contribution in [1.82, 2.24) is 4.98 Å². The smallest absolute Gasteiger partial charge is 0.418 e. The van der Waals surface area contributed by atoms with Crippen LogP contribution in [0.4, 0.5) is 18.9 Å². The molecule has 0 saturated carbocycles. The molecular weight excluding hydrogens is 397 g/mol. The van der Waals surface area contributed by atoms with Crippen molar-refractivity contribution in [3.8, 4) is 0 Å². The van der Waals surface area contributed by atoms with Crippen molar-refractivity contribution in [2.45, 2.75) is 6.18 Å². The molecule has 3 rings (SSSR count). The zero-order valence-corrected chi connectivity index (χ0v) is 14.8. The number of para-hydroxylation sites is 2. The number of rotatable bonds is 4. The molecule has 0 atom stereocenters. The van der Waals surface area contributed by atoms with Crippen LogP contribution in [0.2, 0.25) is 5.02 Å². The van der Waals surface area contributed by atoms with E-state index in [4.69, 9.17) is 16.3 Å². The van der Waals surface area contributed by atoms with Gasteiger partial charge in [0.1, 0.15) is 5.69 Å². The summed E-state index contributed by atoms with van der Waals surface area (Å²) >= 11 is 5.76. The minimum atomic E-state index is -4.71. The first-order valence-corrected chi connectivity index (χ1v) is 8.32. The van der Waals surface area contributed by atoms with Gasteiger partial charge in [0, 0.05) is 5.39 Å². The fourth-order valence-electron chi connectivity index (χ4n) is 2.45. The van der Waals surface area contributed by atoms with Crippen molar-refractivity contribution in [2.24, 2.45) is 0 Å². The lowest BCUT2D eigenvalue weighted by Gasteiger charge is -2.15. The third kappa shape index (κ3) is 4.40. The van der Waals surface area contributed by atoms with Crippen molar-refractivity contribution < 1.29 is 27.5 Å². The highest BCUT2D eigenvalue weighted by atomic mass is 35.5. The molecule has 9 heteroatoms. The van der Waals surface area contributed by atoms with Crippen LogP contribution in [0.15, 0.2) is 54.6 Å². The van der Waals surface area contributed by atoms with Crippen LogP contribution in [-0.4, -0.2) is 23.5 Å². The van der Waals surface area contributed by atoms with Gasteiger partial charge >= 0.3 is 12.1 Å². The molecule has 3 aromatic rings. The Hall–Kier alpha value is -3.13. The Morgan fingerprint density at radius 3 is 2.54 bits per heavy atom. The second-order valence-corrected chi connectivity index (χ2v) is 6.08. The quantitative estimate of drug-likeness (QED) is 0.635. The average molecular weight is 409 g/mol. The van der Waals surface area contributed by atoms with Crippen molar-refractivity contribution >= 4 is 40.1 Å². The number of hydrogen-bond donors (Lipinski definition) is 1. The van der Waals surface area contributed by atoms with Crippen molar-refractivity contribution in [3.05, 3.63) is 70.9 Å². The van der Waals surface area contributed by atoms with Crippen LogP contribution in [-0.2, 0) is 15.7 Å². The first-order valence-electron chi connectivity index (χ1n) is 7.94. The predicted octanol–water partition coefficient (Wildman–Crippen LogP) is 4.70. The molecular formula is C19H12ClF3N2O3. The van der Waals surface area contributed by atoms with Gasteiger partial charge in [-0.2, -0.15) is 13.2 Å². The summed E-state index contributed by atoms with van der Waals surface area (Å²) in [6, 6.07) is 13.3. The van der Waals surface area contributed by atoms with E-state index in [-0.39, 0.29) is 10.7 Å². The molecule has 28 heavy (non-hydrogen) atoms. The van der Waals surface area contributed by atoms with Gasteiger partial charge in [-0.1, -0.05) is 41.9 Å². The largest absolute Gasteiger partial charge is 0.451 e. The highest BCUT2D eigenvalue weighted by Crippen LogP contribution is 2.38. The molecule has 1 aromatic heterocycles. The molecule has 5 nitrogen and oxygen atoms in total. The number of esters is 1. The molecule has 0 spiro atoms. The molecule has 2 aromatic carbocycles. The van der Waals surface area contributed by atoms with Crippen molar-refractivity contribution in [2.75, 3.05) is 11.9 Å². The number of anilines is 1. The summed E-state index contributed by atoms with van der Waals surface area (Å²) < 4.78 is 44.0. The van der Waals surface area contributed by atoms with Gasteiger partial charge in [-0.05, 0) is 24.3 Å². The zero-order chi connectivity index (χ0) is 20.3. The lowest BCUT2D eigenvalue weighted by Crippen LogP contribution is -2.23. The molecule has 0 bridgehead atoms. The van der Waals surface area contributed by atoms with E-state index in [0.29, 0.717) is 5.52 Å². The number of aromatic nitrogens is 1. The van der Waals surface area contributed by atoms with Crippen LogP contribution in [0.3, 0.4) is 0 Å². The van der Waals surface area contributed by atoms with Crippen LogP contribution in [0.5, 0.6) is 0 Å². The summed E-state index contributed by atoms with van der Waals surface area (Å²) in [5.74, 6) is -1.84. The lowest BCUT2D eigenvalue weighted by molar-refractivity contribution is -0.137. The summed E-state index contributed by atoms with van der Waals surface area (Å²) in [5.41, 5.74) is -1.16. The maximum Gasteiger partial charge on any atom is 0.418 e. The third-order valence-electron chi connectivity index (χ3n) is 3.73. The topological polar surface area (TPSA) is 68.3 Å². The fourth-order valence-corrected chi connectivity index (χ4v) is 2.67. The van der Waals surface area contributed by atoms with E-state index >= 15 is 0 Å². The lowest BCUT2D eigenvalue weighted by atomic mass is 10.1. The minimum absolute atomic E-state index is 0.0276. The van der Waals surface area contributed by atoms with Crippen LogP contribution < -0.4 is 5.32 Å². The number of nitrogens with zero attached hydrogens (tertiary/aromatic N) is 1. The van der Waals surface area contributed by atoms with Gasteiger partial charge in [-0.15, -0.1) is 0 Å². The molecule has 0 saturated heterocycles. The van der Waals surface area contributed by atoms with E-state index in [2.05, 4.69) is 4.98 Å². The Bertz CT molecular complexity index is 1050. The third-order valence-corrected chi connectivity index (χ3v) is 4.04. The number of halogens is 4. The Kier molecular flexibility index (Phi) is 5.51. The highest BCUT2D eigenvalue weighted by Gasteiger charge is 2.34. The second-order valence-electron chi connectivity index (χ2n) is 5.67. The minimum Gasteiger partial charge on any atom is -0.451 e. The summed E-state index contributed by atoms with van der Waals surface area (Å²) in [4.78, 5) is 28.1. The number of fused-ring (bicyclic) bond motifs is 1. The summed E-state index contributed by atoms with van der Waals surface area (Å²) in [5, 5.41) is 2.56. The fraction of sp³-hybridized carbons (Fsp3) is 0.105. The highest BCUT2D eigenvalue weighted by molar-refractivity contribution is 6.34. The van der Waals surface area contributed by atoms with Crippen molar-refractivity contribution in [1.29, 1.82) is 0 Å². The maximum absolute atomic E-state index is 13.0. The number of benzene rings is 2. The molecule has 1 N–H and O–H groups in total. The Morgan fingerprint density at radius 2 is 1.79 bits per heavy atom. The molecule has 0 unspecified atom stereocenters. The SMILES string of the molecule is O=C(COC(=O)c1ccc2ccccc2n1)Nc1c(Cl)cccc1C(F)(F)F. The van der Waals surface area contributed by atoms with Gasteiger partial charge in [-0.25, -0.2) is 9.78 Å². The van der Waals surface area contributed by atoms with Crippen LogP contribution >= 0.6 is 11.6 Å². The molecule has 0 aliphatic carbocycles. The number of nitrogens with one attached hydrogen (secondary N) is 1. The molecule has 1 heterocycles. The summed E-state index contributed by atoms with van der Waals surface area (Å²) in [6.07, 6.45) is -4.71. The van der Waals surface area contributed by atoms with E-state index in [1.165, 1.54) is 12.1 Å². The summed E-state index contributed by atoms with van der Waals surface area (Å²) in [7, 11) is 0. The standard InChI is InChI=1S/C19H12ClF3N2O3/c20-13-6-3-5-12(19(21,22)23)17(13)25-16(26)10-28-18(27)15-9-8-11-4-1-2-7-14(11)24-15/h1-9H,10H2,(H,25,26). The van der Waals surface area contributed by atoms with Crippen molar-refractivity contribution in [3.63, 3.8) is 0 Å². The zero-order valence-electron chi connectivity index (χ0n) is 14.1. The monoisotopic (exact) mass is 408 g/mol. The normalized spacial score (nSPS) is 11.3. The molecule has 0 aliphatic rings. The van der Waals surface area contributed by atoms with E-state index in [0.717, 1.165) is 17.5 Å². The van der Waals surface area contributed by atoms with Crippen LogP contribution in [0.1, 0.15) is 16.1 Å². The molecule has 1 amide bonds. The predicted molar refractivity (Wildman–Crippen MR) is 97.1 cm³/mol.